The Bertz CT molecular complexity index is 1040. The summed E-state index contributed by atoms with van der Waals surface area (Å²) in [5.41, 5.74) is 1.73. The number of hydrogen-bond donors (Lipinski definition) is 0. The number of fused-ring (bicyclic) bond motifs is 3. The lowest BCUT2D eigenvalue weighted by Gasteiger charge is -2.17. The molecule has 140 valence electrons. The number of nitrogens with zero attached hydrogens (tertiary/aromatic N) is 3. The topological polar surface area (TPSA) is 74.1 Å². The molecule has 0 spiro atoms. The van der Waals surface area contributed by atoms with Crippen LogP contribution in [0.1, 0.15) is 42.3 Å². The maximum absolute atomic E-state index is 13.0. The Kier molecular flexibility index (Phi) is 4.78. The predicted molar refractivity (Wildman–Crippen MR) is 104 cm³/mol. The highest BCUT2D eigenvalue weighted by atomic mass is 32.1. The summed E-state index contributed by atoms with van der Waals surface area (Å²) >= 11 is 1.55. The molecular weight excluding hydrogens is 362 g/mol. The van der Waals surface area contributed by atoms with E-state index in [1.54, 1.807) is 18.3 Å². The van der Waals surface area contributed by atoms with Crippen LogP contribution in [0.4, 0.5) is 0 Å². The Morgan fingerprint density at radius 1 is 1.37 bits per heavy atom. The molecule has 1 aliphatic carbocycles. The summed E-state index contributed by atoms with van der Waals surface area (Å²) in [4.78, 5) is 27.3. The summed E-state index contributed by atoms with van der Waals surface area (Å²) in [6, 6.07) is 8.62. The zero-order valence-corrected chi connectivity index (χ0v) is 16.2. The van der Waals surface area contributed by atoms with E-state index >= 15 is 0 Å². The monoisotopic (exact) mass is 383 g/mol. The summed E-state index contributed by atoms with van der Waals surface area (Å²) in [7, 11) is 0. The minimum Gasteiger partial charge on any atom is -0.459 e. The molecule has 2 heterocycles. The van der Waals surface area contributed by atoms with Gasteiger partial charge < -0.3 is 4.74 Å². The summed E-state index contributed by atoms with van der Waals surface area (Å²) in [6.07, 6.45) is 2.92. The van der Waals surface area contributed by atoms with Gasteiger partial charge >= 0.3 is 5.97 Å². The second-order valence-corrected chi connectivity index (χ2v) is 8.22. The molecule has 0 aliphatic heterocycles. The normalized spacial score (nSPS) is 17.5. The number of aryl methyl sites for hydroxylation is 1. The molecule has 0 bridgehead atoms. The third-order valence-corrected chi connectivity index (χ3v) is 6.22. The molecule has 0 unspecified atom stereocenters. The van der Waals surface area contributed by atoms with Crippen LogP contribution in [-0.2, 0) is 29.0 Å². The van der Waals surface area contributed by atoms with Crippen molar-refractivity contribution < 1.29 is 9.53 Å². The molecular formula is C20H21N3O3S. The van der Waals surface area contributed by atoms with Crippen molar-refractivity contribution >= 4 is 27.5 Å². The fourth-order valence-electron chi connectivity index (χ4n) is 3.47. The quantitative estimate of drug-likeness (QED) is 0.647. The highest BCUT2D eigenvalue weighted by molar-refractivity contribution is 7.18. The van der Waals surface area contributed by atoms with Crippen molar-refractivity contribution in [1.82, 2.24) is 15.0 Å². The molecule has 1 aliphatic rings. The molecule has 0 amide bonds. The number of carbonyl (C=O) groups is 1. The number of rotatable bonds is 4. The number of benzene rings is 1. The lowest BCUT2D eigenvalue weighted by atomic mass is 9.89. The Hall–Kier alpha value is -2.54. The average Bonchev–Trinajstić information content (AvgIpc) is 3.05. The lowest BCUT2D eigenvalue weighted by Crippen LogP contribution is -2.32. The first-order chi connectivity index (χ1) is 13.0. The van der Waals surface area contributed by atoms with Crippen molar-refractivity contribution in [2.45, 2.75) is 45.8 Å². The smallest absolute Gasteiger partial charge is 0.331 e. The Morgan fingerprint density at radius 3 is 2.93 bits per heavy atom. The molecule has 0 N–H and O–H groups in total. The van der Waals surface area contributed by atoms with Gasteiger partial charge in [0.1, 0.15) is 6.61 Å². The van der Waals surface area contributed by atoms with Crippen LogP contribution in [0.3, 0.4) is 0 Å². The number of thiophene rings is 1. The van der Waals surface area contributed by atoms with Gasteiger partial charge in [0, 0.05) is 4.88 Å². The van der Waals surface area contributed by atoms with E-state index in [2.05, 4.69) is 17.2 Å². The number of aromatic nitrogens is 3. The second kappa shape index (κ2) is 7.23. The van der Waals surface area contributed by atoms with Crippen LogP contribution in [0, 0.1) is 5.92 Å². The molecule has 6 nitrogen and oxygen atoms in total. The molecule has 4 rings (SSSR count). The maximum Gasteiger partial charge on any atom is 0.331 e. The second-order valence-electron chi connectivity index (χ2n) is 7.14. The van der Waals surface area contributed by atoms with E-state index in [0.717, 1.165) is 35.1 Å². The number of hydrogen-bond acceptors (Lipinski definition) is 6. The van der Waals surface area contributed by atoms with E-state index in [0.29, 0.717) is 16.1 Å². The van der Waals surface area contributed by atoms with Gasteiger partial charge in [0.25, 0.3) is 5.56 Å². The van der Waals surface area contributed by atoms with Gasteiger partial charge in [0.2, 0.25) is 0 Å². The van der Waals surface area contributed by atoms with E-state index in [4.69, 9.17) is 4.74 Å². The minimum atomic E-state index is -0.823. The van der Waals surface area contributed by atoms with E-state index in [9.17, 15) is 9.59 Å². The van der Waals surface area contributed by atoms with Gasteiger partial charge in [-0.25, -0.2) is 4.79 Å². The highest BCUT2D eigenvalue weighted by Crippen LogP contribution is 2.35. The van der Waals surface area contributed by atoms with Crippen LogP contribution >= 0.6 is 11.3 Å². The first-order valence-electron chi connectivity index (χ1n) is 9.15. The lowest BCUT2D eigenvalue weighted by molar-refractivity contribution is -0.148. The van der Waals surface area contributed by atoms with Crippen LogP contribution in [0.15, 0.2) is 35.1 Å². The largest absolute Gasteiger partial charge is 0.459 e. The first kappa shape index (κ1) is 17.9. The molecule has 3 aromatic rings. The van der Waals surface area contributed by atoms with Crippen LogP contribution in [0.5, 0.6) is 0 Å². The van der Waals surface area contributed by atoms with Crippen LogP contribution in [-0.4, -0.2) is 21.0 Å². The van der Waals surface area contributed by atoms with Gasteiger partial charge in [0.05, 0.1) is 5.39 Å². The Labute approximate surface area is 160 Å². The van der Waals surface area contributed by atoms with Crippen molar-refractivity contribution in [3.05, 3.63) is 56.7 Å². The molecule has 2 atom stereocenters. The molecule has 2 aromatic heterocycles. The SMILES string of the molecule is C[C@@H]1CCc2c(sc3nnn([C@H](C)C(=O)OCc4ccccc4)c(=O)c23)C1. The van der Waals surface area contributed by atoms with E-state index in [1.165, 1.54) is 4.88 Å². The first-order valence-corrected chi connectivity index (χ1v) is 9.96. The molecule has 7 heteroatoms. The van der Waals surface area contributed by atoms with Gasteiger partial charge in [-0.2, -0.15) is 4.68 Å². The number of carbonyl (C=O) groups excluding carboxylic acids is 1. The molecule has 0 saturated heterocycles. The zero-order chi connectivity index (χ0) is 19.0. The van der Waals surface area contributed by atoms with Crippen molar-refractivity contribution in [2.75, 3.05) is 0 Å². The van der Waals surface area contributed by atoms with Crippen LogP contribution in [0.2, 0.25) is 0 Å². The Balaban J connectivity index is 1.60. The van der Waals surface area contributed by atoms with Gasteiger partial charge in [-0.1, -0.05) is 42.5 Å². The van der Waals surface area contributed by atoms with Crippen molar-refractivity contribution in [3.8, 4) is 0 Å². The fourth-order valence-corrected chi connectivity index (χ4v) is 4.79. The van der Waals surface area contributed by atoms with E-state index in [-0.39, 0.29) is 12.2 Å². The zero-order valence-electron chi connectivity index (χ0n) is 15.3. The molecule has 1 aromatic carbocycles. The molecule has 0 saturated carbocycles. The Morgan fingerprint density at radius 2 is 2.15 bits per heavy atom. The summed E-state index contributed by atoms with van der Waals surface area (Å²) in [5.74, 6) is 0.125. The molecule has 0 radical (unpaired) electrons. The standard InChI is InChI=1S/C20H21N3O3S/c1-12-8-9-15-16(10-12)27-18-17(15)19(24)23(22-21-18)13(2)20(25)26-11-14-6-4-3-5-7-14/h3-7,12-13H,8-11H2,1-2H3/t12-,13-/m1/s1. The number of ether oxygens (including phenoxy) is 1. The summed E-state index contributed by atoms with van der Waals surface area (Å²) in [6.45, 7) is 4.01. The van der Waals surface area contributed by atoms with Gasteiger partial charge in [-0.3, -0.25) is 4.79 Å². The predicted octanol–water partition coefficient (Wildman–Crippen LogP) is 3.28. The molecule has 0 fully saturated rings. The fraction of sp³-hybridized carbons (Fsp3) is 0.400. The van der Waals surface area contributed by atoms with Crippen molar-refractivity contribution in [3.63, 3.8) is 0 Å². The number of esters is 1. The summed E-state index contributed by atoms with van der Waals surface area (Å²) in [5, 5.41) is 8.85. The highest BCUT2D eigenvalue weighted by Gasteiger charge is 2.26. The van der Waals surface area contributed by atoms with Crippen LogP contribution in [0.25, 0.3) is 10.2 Å². The maximum atomic E-state index is 13.0. The van der Waals surface area contributed by atoms with Gasteiger partial charge in [-0.15, -0.1) is 16.4 Å². The van der Waals surface area contributed by atoms with E-state index in [1.807, 2.05) is 30.3 Å². The van der Waals surface area contributed by atoms with Crippen molar-refractivity contribution in [1.29, 1.82) is 0 Å². The third-order valence-electron chi connectivity index (χ3n) is 5.08. The summed E-state index contributed by atoms with van der Waals surface area (Å²) < 4.78 is 6.51. The van der Waals surface area contributed by atoms with Crippen molar-refractivity contribution in [2.24, 2.45) is 5.92 Å². The third kappa shape index (κ3) is 3.39. The van der Waals surface area contributed by atoms with E-state index < -0.39 is 12.0 Å². The van der Waals surface area contributed by atoms with Gasteiger partial charge in [0.15, 0.2) is 10.9 Å². The average molecular weight is 383 g/mol. The van der Waals surface area contributed by atoms with Crippen LogP contribution < -0.4 is 5.56 Å². The van der Waals surface area contributed by atoms with Gasteiger partial charge in [-0.05, 0) is 43.2 Å². The minimum absolute atomic E-state index is 0.167. The molecule has 27 heavy (non-hydrogen) atoms.